The van der Waals surface area contributed by atoms with Gasteiger partial charge in [-0.25, -0.2) is 5.43 Å². The number of non-ortho nitro benzene ring substituents is 1. The Bertz CT molecular complexity index is 725. The molecule has 0 aromatic heterocycles. The van der Waals surface area contributed by atoms with Crippen LogP contribution in [-0.2, 0) is 0 Å². The van der Waals surface area contributed by atoms with E-state index in [0.29, 0.717) is 23.5 Å². The highest BCUT2D eigenvalue weighted by Gasteiger charge is 2.05. The van der Waals surface area contributed by atoms with Crippen LogP contribution in [0.5, 0.6) is 5.75 Å². The molecule has 0 heterocycles. The molecule has 0 spiro atoms. The van der Waals surface area contributed by atoms with Gasteiger partial charge < -0.3 is 4.74 Å². The maximum Gasteiger partial charge on any atom is 0.271 e. The molecule has 0 fully saturated rings. The molecule has 1 amide bonds. The molecule has 0 bridgehead atoms. The summed E-state index contributed by atoms with van der Waals surface area (Å²) in [6, 6.07) is 12.6. The second-order valence-corrected chi connectivity index (χ2v) is 4.92. The Kier molecular flexibility index (Phi) is 6.01. The number of benzene rings is 2. The van der Waals surface area contributed by atoms with E-state index >= 15 is 0 Å². The van der Waals surface area contributed by atoms with Gasteiger partial charge in [-0.3, -0.25) is 14.9 Å². The number of hydrogen-bond donors (Lipinski definition) is 1. The van der Waals surface area contributed by atoms with Crippen molar-refractivity contribution in [3.63, 3.8) is 0 Å². The molecule has 0 saturated heterocycles. The Balaban J connectivity index is 1.91. The summed E-state index contributed by atoms with van der Waals surface area (Å²) in [4.78, 5) is 22.0. The first-order chi connectivity index (χ1) is 11.6. The van der Waals surface area contributed by atoms with Gasteiger partial charge in [0.05, 0.1) is 17.7 Å². The lowest BCUT2D eigenvalue weighted by atomic mass is 10.2. The number of amides is 1. The molecule has 2 rings (SSSR count). The lowest BCUT2D eigenvalue weighted by molar-refractivity contribution is -0.384. The molecule has 124 valence electrons. The highest BCUT2D eigenvalue weighted by molar-refractivity contribution is 5.95. The van der Waals surface area contributed by atoms with Crippen molar-refractivity contribution in [3.05, 3.63) is 69.8 Å². The normalized spacial score (nSPS) is 10.5. The fraction of sp³-hybridized carbons (Fsp3) is 0.176. The van der Waals surface area contributed by atoms with Crippen molar-refractivity contribution < 1.29 is 14.5 Å². The molecular formula is C17H17N3O4. The average Bonchev–Trinajstić information content (AvgIpc) is 2.60. The zero-order chi connectivity index (χ0) is 17.4. The molecule has 0 saturated carbocycles. The van der Waals surface area contributed by atoms with Crippen LogP contribution in [0.25, 0.3) is 0 Å². The number of hydrazone groups is 1. The number of nitro groups is 1. The summed E-state index contributed by atoms with van der Waals surface area (Å²) < 4.78 is 5.45. The number of nitrogens with zero attached hydrogens (tertiary/aromatic N) is 2. The maximum atomic E-state index is 11.9. The van der Waals surface area contributed by atoms with Crippen molar-refractivity contribution in [2.75, 3.05) is 6.61 Å². The van der Waals surface area contributed by atoms with Gasteiger partial charge in [0.25, 0.3) is 11.6 Å². The molecular weight excluding hydrogens is 310 g/mol. The summed E-state index contributed by atoms with van der Waals surface area (Å²) in [5, 5.41) is 14.4. The molecule has 0 atom stereocenters. The fourth-order valence-electron chi connectivity index (χ4n) is 1.83. The molecule has 7 nitrogen and oxygen atoms in total. The molecule has 0 radical (unpaired) electrons. The Morgan fingerprint density at radius 1 is 1.21 bits per heavy atom. The molecule has 2 aromatic carbocycles. The van der Waals surface area contributed by atoms with Gasteiger partial charge in [0.1, 0.15) is 5.75 Å². The Morgan fingerprint density at radius 2 is 1.88 bits per heavy atom. The van der Waals surface area contributed by atoms with E-state index in [9.17, 15) is 14.9 Å². The minimum Gasteiger partial charge on any atom is -0.494 e. The van der Waals surface area contributed by atoms with Gasteiger partial charge in [-0.05, 0) is 48.4 Å². The zero-order valence-corrected chi connectivity index (χ0v) is 13.1. The summed E-state index contributed by atoms with van der Waals surface area (Å²) in [7, 11) is 0. The third-order valence-electron chi connectivity index (χ3n) is 3.07. The number of nitrogens with one attached hydrogen (secondary N) is 1. The Labute approximate surface area is 139 Å². The van der Waals surface area contributed by atoms with Crippen molar-refractivity contribution in [2.45, 2.75) is 13.3 Å². The monoisotopic (exact) mass is 327 g/mol. The summed E-state index contributed by atoms with van der Waals surface area (Å²) in [6.07, 6.45) is 2.33. The molecule has 0 aliphatic heterocycles. The molecule has 0 unspecified atom stereocenters. The van der Waals surface area contributed by atoms with Crippen molar-refractivity contribution in [1.82, 2.24) is 5.43 Å². The van der Waals surface area contributed by atoms with E-state index in [1.54, 1.807) is 36.4 Å². The van der Waals surface area contributed by atoms with E-state index in [2.05, 4.69) is 10.5 Å². The van der Waals surface area contributed by atoms with Crippen LogP contribution in [0.2, 0.25) is 0 Å². The minimum atomic E-state index is -0.476. The van der Waals surface area contributed by atoms with E-state index in [4.69, 9.17) is 4.74 Å². The minimum absolute atomic E-state index is 0.00145. The quantitative estimate of drug-likeness (QED) is 0.480. The van der Waals surface area contributed by atoms with Gasteiger partial charge in [0, 0.05) is 17.7 Å². The van der Waals surface area contributed by atoms with E-state index < -0.39 is 4.92 Å². The smallest absolute Gasteiger partial charge is 0.271 e. The first kappa shape index (κ1) is 17.1. The SMILES string of the molecule is CCCOc1ccc(C(=O)N/N=C\c2ccc([N+](=O)[O-])cc2)cc1. The van der Waals surface area contributed by atoms with E-state index in [-0.39, 0.29) is 11.6 Å². The first-order valence-corrected chi connectivity index (χ1v) is 7.41. The molecule has 24 heavy (non-hydrogen) atoms. The summed E-state index contributed by atoms with van der Waals surface area (Å²) in [5.41, 5.74) is 3.51. The molecule has 0 aliphatic rings. The van der Waals surface area contributed by atoms with Crippen LogP contribution < -0.4 is 10.2 Å². The number of hydrogen-bond acceptors (Lipinski definition) is 5. The lowest BCUT2D eigenvalue weighted by Crippen LogP contribution is -2.17. The topological polar surface area (TPSA) is 93.8 Å². The third-order valence-corrected chi connectivity index (χ3v) is 3.07. The largest absolute Gasteiger partial charge is 0.494 e. The summed E-state index contributed by atoms with van der Waals surface area (Å²) in [6.45, 7) is 2.65. The molecule has 2 aromatic rings. The van der Waals surface area contributed by atoms with Gasteiger partial charge in [0.2, 0.25) is 0 Å². The van der Waals surface area contributed by atoms with Gasteiger partial charge >= 0.3 is 0 Å². The molecule has 0 aliphatic carbocycles. The molecule has 1 N–H and O–H groups in total. The van der Waals surface area contributed by atoms with Crippen LogP contribution >= 0.6 is 0 Å². The van der Waals surface area contributed by atoms with Crippen LogP contribution in [0.1, 0.15) is 29.3 Å². The second-order valence-electron chi connectivity index (χ2n) is 4.92. The van der Waals surface area contributed by atoms with Crippen LogP contribution in [0.15, 0.2) is 53.6 Å². The van der Waals surface area contributed by atoms with Gasteiger partial charge in [-0.15, -0.1) is 0 Å². The van der Waals surface area contributed by atoms with Crippen LogP contribution in [0, 0.1) is 10.1 Å². The van der Waals surface area contributed by atoms with E-state index in [0.717, 1.165) is 6.42 Å². The zero-order valence-electron chi connectivity index (χ0n) is 13.1. The third kappa shape index (κ3) is 4.91. The predicted octanol–water partition coefficient (Wildman–Crippen LogP) is 3.15. The van der Waals surface area contributed by atoms with Crippen molar-refractivity contribution in [1.29, 1.82) is 0 Å². The fourth-order valence-corrected chi connectivity index (χ4v) is 1.83. The summed E-state index contributed by atoms with van der Waals surface area (Å²) >= 11 is 0. The van der Waals surface area contributed by atoms with Crippen molar-refractivity contribution in [2.24, 2.45) is 5.10 Å². The van der Waals surface area contributed by atoms with Crippen LogP contribution in [0.3, 0.4) is 0 Å². The van der Waals surface area contributed by atoms with Gasteiger partial charge in [-0.2, -0.15) is 5.10 Å². The lowest BCUT2D eigenvalue weighted by Gasteiger charge is -2.05. The number of rotatable bonds is 7. The predicted molar refractivity (Wildman–Crippen MR) is 90.4 cm³/mol. The highest BCUT2D eigenvalue weighted by Crippen LogP contribution is 2.13. The highest BCUT2D eigenvalue weighted by atomic mass is 16.6. The Morgan fingerprint density at radius 3 is 2.46 bits per heavy atom. The van der Waals surface area contributed by atoms with E-state index in [1.807, 2.05) is 6.92 Å². The van der Waals surface area contributed by atoms with Crippen LogP contribution in [0.4, 0.5) is 5.69 Å². The number of nitro benzene ring substituents is 1. The Hall–Kier alpha value is -3.22. The molecule has 7 heteroatoms. The van der Waals surface area contributed by atoms with Gasteiger partial charge in [-0.1, -0.05) is 6.92 Å². The number of carbonyl (C=O) groups excluding carboxylic acids is 1. The standard InChI is InChI=1S/C17H17N3O4/c1-2-11-24-16-9-5-14(6-10-16)17(21)19-18-12-13-3-7-15(8-4-13)20(22)23/h3-10,12H,2,11H2,1H3,(H,19,21)/b18-12-. The first-order valence-electron chi connectivity index (χ1n) is 7.41. The van der Waals surface area contributed by atoms with Gasteiger partial charge in [0.15, 0.2) is 0 Å². The van der Waals surface area contributed by atoms with Crippen LogP contribution in [-0.4, -0.2) is 23.7 Å². The number of ether oxygens (including phenoxy) is 1. The van der Waals surface area contributed by atoms with Crippen molar-refractivity contribution in [3.8, 4) is 5.75 Å². The van der Waals surface area contributed by atoms with E-state index in [1.165, 1.54) is 18.3 Å². The average molecular weight is 327 g/mol. The number of carbonyl (C=O) groups is 1. The summed E-state index contributed by atoms with van der Waals surface area (Å²) in [5.74, 6) is 0.359. The second kappa shape index (κ2) is 8.42. The van der Waals surface area contributed by atoms with Crippen molar-refractivity contribution >= 4 is 17.8 Å². The maximum absolute atomic E-state index is 11.9.